The average molecular weight is 289 g/mol. The number of aromatic nitrogens is 2. The van der Waals surface area contributed by atoms with Gasteiger partial charge < -0.3 is 13.8 Å². The molecule has 6 heteroatoms. The summed E-state index contributed by atoms with van der Waals surface area (Å²) in [6, 6.07) is 3.74. The predicted molar refractivity (Wildman–Crippen MR) is 74.6 cm³/mol. The summed E-state index contributed by atoms with van der Waals surface area (Å²) in [5.74, 6) is 2.49. The Morgan fingerprint density at radius 1 is 1.52 bits per heavy atom. The Kier molecular flexibility index (Phi) is 4.03. The van der Waals surface area contributed by atoms with Gasteiger partial charge in [0, 0.05) is 38.8 Å². The van der Waals surface area contributed by atoms with E-state index in [4.69, 9.17) is 8.94 Å². The normalized spacial score (nSPS) is 18.9. The summed E-state index contributed by atoms with van der Waals surface area (Å²) in [6.07, 6.45) is 4.74. The van der Waals surface area contributed by atoms with E-state index in [2.05, 4.69) is 10.1 Å². The number of carbonyl (C=O) groups excluding carboxylic acids is 1. The van der Waals surface area contributed by atoms with Gasteiger partial charge in [-0.2, -0.15) is 4.98 Å². The average Bonchev–Trinajstić information content (AvgIpc) is 3.16. The van der Waals surface area contributed by atoms with E-state index in [9.17, 15) is 4.79 Å². The topological polar surface area (TPSA) is 72.4 Å². The number of nitrogens with zero attached hydrogens (tertiary/aromatic N) is 3. The Hall–Kier alpha value is -2.11. The van der Waals surface area contributed by atoms with Crippen molar-refractivity contribution in [1.82, 2.24) is 15.0 Å². The van der Waals surface area contributed by atoms with E-state index >= 15 is 0 Å². The standard InChI is InChI=1S/C15H19N3O3/c1-11-16-15(17-21-11)12-4-2-8-18(10-12)14(19)7-6-13-5-3-9-20-13/h3,5,9,12H,2,4,6-8,10H2,1H3. The smallest absolute Gasteiger partial charge is 0.223 e. The molecule has 1 atom stereocenters. The summed E-state index contributed by atoms with van der Waals surface area (Å²) >= 11 is 0. The fraction of sp³-hybridized carbons (Fsp3) is 0.533. The lowest BCUT2D eigenvalue weighted by Gasteiger charge is -2.31. The van der Waals surface area contributed by atoms with Crippen molar-refractivity contribution in [2.24, 2.45) is 0 Å². The third kappa shape index (κ3) is 3.32. The minimum absolute atomic E-state index is 0.163. The second kappa shape index (κ2) is 6.11. The van der Waals surface area contributed by atoms with Gasteiger partial charge in [-0.25, -0.2) is 0 Å². The second-order valence-corrected chi connectivity index (χ2v) is 5.43. The van der Waals surface area contributed by atoms with Crippen molar-refractivity contribution in [1.29, 1.82) is 0 Å². The maximum absolute atomic E-state index is 12.3. The van der Waals surface area contributed by atoms with Gasteiger partial charge in [0.25, 0.3) is 0 Å². The molecule has 0 aliphatic carbocycles. The maximum atomic E-state index is 12.3. The van der Waals surface area contributed by atoms with Crippen molar-refractivity contribution < 1.29 is 13.7 Å². The number of likely N-dealkylation sites (tertiary alicyclic amines) is 1. The van der Waals surface area contributed by atoms with Crippen LogP contribution in [0.5, 0.6) is 0 Å². The third-order valence-electron chi connectivity index (χ3n) is 3.85. The lowest BCUT2D eigenvalue weighted by Crippen LogP contribution is -2.39. The molecule has 2 aromatic heterocycles. The highest BCUT2D eigenvalue weighted by Crippen LogP contribution is 2.25. The summed E-state index contributed by atoms with van der Waals surface area (Å²) in [4.78, 5) is 18.5. The van der Waals surface area contributed by atoms with Gasteiger partial charge in [0.2, 0.25) is 11.8 Å². The molecule has 1 saturated heterocycles. The van der Waals surface area contributed by atoms with Crippen LogP contribution in [0, 0.1) is 6.92 Å². The first-order chi connectivity index (χ1) is 10.2. The minimum Gasteiger partial charge on any atom is -0.469 e. The van der Waals surface area contributed by atoms with Crippen LogP contribution in [0.15, 0.2) is 27.3 Å². The molecule has 3 rings (SSSR count). The van der Waals surface area contributed by atoms with Crippen LogP contribution in [0.1, 0.15) is 42.7 Å². The maximum Gasteiger partial charge on any atom is 0.223 e. The quantitative estimate of drug-likeness (QED) is 0.863. The van der Waals surface area contributed by atoms with Crippen LogP contribution in [-0.4, -0.2) is 34.0 Å². The highest BCUT2D eigenvalue weighted by atomic mass is 16.5. The Balaban J connectivity index is 1.56. The number of furan rings is 1. The first-order valence-electron chi connectivity index (χ1n) is 7.33. The second-order valence-electron chi connectivity index (χ2n) is 5.43. The summed E-state index contributed by atoms with van der Waals surface area (Å²) < 4.78 is 10.3. The van der Waals surface area contributed by atoms with E-state index in [0.29, 0.717) is 25.3 Å². The molecule has 0 saturated carbocycles. The van der Waals surface area contributed by atoms with Gasteiger partial charge >= 0.3 is 0 Å². The molecule has 1 aliphatic rings. The molecule has 3 heterocycles. The van der Waals surface area contributed by atoms with Crippen LogP contribution >= 0.6 is 0 Å². The number of hydrogen-bond acceptors (Lipinski definition) is 5. The molecule has 0 radical (unpaired) electrons. The Labute approximate surface area is 123 Å². The van der Waals surface area contributed by atoms with E-state index in [1.165, 1.54) is 0 Å². The summed E-state index contributed by atoms with van der Waals surface area (Å²) in [5.41, 5.74) is 0. The van der Waals surface area contributed by atoms with Crippen LogP contribution < -0.4 is 0 Å². The summed E-state index contributed by atoms with van der Waals surface area (Å²) in [6.45, 7) is 3.27. The lowest BCUT2D eigenvalue weighted by atomic mass is 9.97. The first-order valence-corrected chi connectivity index (χ1v) is 7.33. The molecule has 2 aromatic rings. The number of hydrogen-bond donors (Lipinski definition) is 0. The number of amides is 1. The van der Waals surface area contributed by atoms with Crippen molar-refractivity contribution in [2.45, 2.75) is 38.5 Å². The molecule has 1 amide bonds. The van der Waals surface area contributed by atoms with Gasteiger partial charge in [-0.15, -0.1) is 0 Å². The van der Waals surface area contributed by atoms with E-state index < -0.39 is 0 Å². The lowest BCUT2D eigenvalue weighted by molar-refractivity contribution is -0.132. The van der Waals surface area contributed by atoms with Gasteiger partial charge in [-0.3, -0.25) is 4.79 Å². The molecule has 1 unspecified atom stereocenters. The molecule has 1 fully saturated rings. The molecule has 0 spiro atoms. The Morgan fingerprint density at radius 3 is 3.14 bits per heavy atom. The zero-order valence-electron chi connectivity index (χ0n) is 12.1. The van der Waals surface area contributed by atoms with Crippen LogP contribution in [0.25, 0.3) is 0 Å². The zero-order valence-corrected chi connectivity index (χ0v) is 12.1. The van der Waals surface area contributed by atoms with Crippen LogP contribution in [0.4, 0.5) is 0 Å². The molecule has 0 bridgehead atoms. The number of piperidine rings is 1. The molecule has 112 valence electrons. The van der Waals surface area contributed by atoms with Crippen LogP contribution in [0.3, 0.4) is 0 Å². The van der Waals surface area contributed by atoms with Crippen molar-refractivity contribution >= 4 is 5.91 Å². The van der Waals surface area contributed by atoms with Gasteiger partial charge in [-0.1, -0.05) is 5.16 Å². The summed E-state index contributed by atoms with van der Waals surface area (Å²) in [7, 11) is 0. The van der Waals surface area contributed by atoms with Crippen molar-refractivity contribution in [3.05, 3.63) is 35.9 Å². The zero-order chi connectivity index (χ0) is 14.7. The predicted octanol–water partition coefficient (Wildman–Crippen LogP) is 2.31. The summed E-state index contributed by atoms with van der Waals surface area (Å²) in [5, 5.41) is 3.98. The molecule has 0 N–H and O–H groups in total. The highest BCUT2D eigenvalue weighted by Gasteiger charge is 2.27. The molecule has 1 aliphatic heterocycles. The molecular formula is C15H19N3O3. The number of rotatable bonds is 4. The van der Waals surface area contributed by atoms with E-state index in [-0.39, 0.29) is 11.8 Å². The van der Waals surface area contributed by atoms with E-state index in [1.54, 1.807) is 13.2 Å². The van der Waals surface area contributed by atoms with Crippen molar-refractivity contribution in [3.63, 3.8) is 0 Å². The molecule has 6 nitrogen and oxygen atoms in total. The van der Waals surface area contributed by atoms with Crippen LogP contribution in [0.2, 0.25) is 0 Å². The van der Waals surface area contributed by atoms with Gasteiger partial charge in [0.1, 0.15) is 5.76 Å². The van der Waals surface area contributed by atoms with Gasteiger partial charge in [-0.05, 0) is 25.0 Å². The first kappa shape index (κ1) is 13.9. The minimum atomic E-state index is 0.163. The Bertz CT molecular complexity index is 591. The fourth-order valence-electron chi connectivity index (χ4n) is 2.74. The van der Waals surface area contributed by atoms with Crippen LogP contribution in [-0.2, 0) is 11.2 Å². The molecular weight excluding hydrogens is 270 g/mol. The number of carbonyl (C=O) groups is 1. The van der Waals surface area contributed by atoms with E-state index in [0.717, 1.165) is 31.0 Å². The van der Waals surface area contributed by atoms with Gasteiger partial charge in [0.05, 0.1) is 6.26 Å². The fourth-order valence-corrected chi connectivity index (χ4v) is 2.74. The van der Waals surface area contributed by atoms with E-state index in [1.807, 2.05) is 17.0 Å². The SMILES string of the molecule is Cc1nc(C2CCCN(C(=O)CCc3ccco3)C2)no1. The Morgan fingerprint density at radius 2 is 2.43 bits per heavy atom. The highest BCUT2D eigenvalue weighted by molar-refractivity contribution is 5.76. The molecule has 21 heavy (non-hydrogen) atoms. The largest absolute Gasteiger partial charge is 0.469 e. The van der Waals surface area contributed by atoms with Crippen molar-refractivity contribution in [3.8, 4) is 0 Å². The van der Waals surface area contributed by atoms with Crippen molar-refractivity contribution in [2.75, 3.05) is 13.1 Å². The molecule has 0 aromatic carbocycles. The van der Waals surface area contributed by atoms with Gasteiger partial charge in [0.15, 0.2) is 5.82 Å². The number of aryl methyl sites for hydroxylation is 2. The third-order valence-corrected chi connectivity index (χ3v) is 3.85. The monoisotopic (exact) mass is 289 g/mol.